The molecule has 0 bridgehead atoms. The first-order valence-corrected chi connectivity index (χ1v) is 9.30. The van der Waals surface area contributed by atoms with Crippen molar-refractivity contribution in [1.29, 1.82) is 0 Å². The maximum absolute atomic E-state index is 12.6. The number of ether oxygens (including phenoxy) is 2. The van der Waals surface area contributed by atoms with Crippen LogP contribution in [0.15, 0.2) is 10.6 Å². The summed E-state index contributed by atoms with van der Waals surface area (Å²) in [5.41, 5.74) is 1.18. The SMILES string of the molecule is COc1cc(O)c2c(c1C)C(=O)OCC(=O)N[C@H](c1nc(C)no1)CSC2. The minimum Gasteiger partial charge on any atom is -0.507 e. The number of amides is 1. The number of hydrogen-bond donors (Lipinski definition) is 2. The van der Waals surface area contributed by atoms with E-state index in [0.717, 1.165) is 0 Å². The Kier molecular flexibility index (Phi) is 5.54. The van der Waals surface area contributed by atoms with Gasteiger partial charge in [-0.2, -0.15) is 16.7 Å². The van der Waals surface area contributed by atoms with Crippen LogP contribution in [0.2, 0.25) is 0 Å². The zero-order valence-corrected chi connectivity index (χ0v) is 15.9. The third-order valence-electron chi connectivity index (χ3n) is 4.09. The molecule has 1 amide bonds. The number of aryl methyl sites for hydroxylation is 1. The lowest BCUT2D eigenvalue weighted by molar-refractivity contribution is -0.125. The van der Waals surface area contributed by atoms with E-state index < -0.39 is 24.5 Å². The van der Waals surface area contributed by atoms with E-state index in [4.69, 9.17) is 14.0 Å². The standard InChI is InChI=1S/C17H19N3O6S/c1-8-13(24-3)4-12(21)10-6-27-7-11(16-18-9(2)20-26-16)19-14(22)5-25-17(23)15(8)10/h4,11,21H,5-7H2,1-3H3,(H,19,22)/t11-/m0/s1. The number of carbonyl (C=O) groups excluding carboxylic acids is 2. The molecule has 0 unspecified atom stereocenters. The van der Waals surface area contributed by atoms with Crippen molar-refractivity contribution in [3.05, 3.63) is 34.5 Å². The quantitative estimate of drug-likeness (QED) is 0.733. The number of thioether (sulfide) groups is 1. The van der Waals surface area contributed by atoms with E-state index in [9.17, 15) is 14.7 Å². The molecular formula is C17H19N3O6S. The highest BCUT2D eigenvalue weighted by atomic mass is 32.2. The van der Waals surface area contributed by atoms with Gasteiger partial charge in [-0.3, -0.25) is 4.79 Å². The van der Waals surface area contributed by atoms with E-state index >= 15 is 0 Å². The third kappa shape index (κ3) is 4.00. The van der Waals surface area contributed by atoms with Gasteiger partial charge in [0.05, 0.1) is 12.7 Å². The van der Waals surface area contributed by atoms with Crippen LogP contribution < -0.4 is 10.1 Å². The van der Waals surface area contributed by atoms with Gasteiger partial charge in [-0.05, 0) is 13.8 Å². The van der Waals surface area contributed by atoms with E-state index in [0.29, 0.717) is 34.2 Å². The number of rotatable bonds is 2. The molecule has 0 aliphatic carbocycles. The summed E-state index contributed by atoms with van der Waals surface area (Å²) in [5.74, 6) is 0.571. The minimum absolute atomic E-state index is 0.0689. The molecule has 27 heavy (non-hydrogen) atoms. The van der Waals surface area contributed by atoms with Crippen molar-refractivity contribution < 1.29 is 28.7 Å². The van der Waals surface area contributed by atoms with Gasteiger partial charge in [0.1, 0.15) is 17.5 Å². The normalized spacial score (nSPS) is 18.1. The maximum atomic E-state index is 12.6. The number of fused-ring (bicyclic) bond motifs is 1. The number of hydrogen-bond acceptors (Lipinski definition) is 9. The fourth-order valence-electron chi connectivity index (χ4n) is 2.78. The highest BCUT2D eigenvalue weighted by Crippen LogP contribution is 2.36. The van der Waals surface area contributed by atoms with Crippen molar-refractivity contribution in [3.63, 3.8) is 0 Å². The lowest BCUT2D eigenvalue weighted by atomic mass is 10.0. The number of nitrogens with zero attached hydrogens (tertiary/aromatic N) is 2. The first kappa shape index (κ1) is 19.0. The molecule has 10 heteroatoms. The number of methoxy groups -OCH3 is 1. The minimum atomic E-state index is -0.695. The van der Waals surface area contributed by atoms with Crippen molar-refractivity contribution in [2.24, 2.45) is 0 Å². The molecule has 2 heterocycles. The molecule has 2 aromatic rings. The zero-order valence-electron chi connectivity index (χ0n) is 15.1. The Balaban J connectivity index is 1.95. The predicted molar refractivity (Wildman–Crippen MR) is 95.8 cm³/mol. The molecule has 0 saturated carbocycles. The molecule has 1 atom stereocenters. The Morgan fingerprint density at radius 3 is 2.81 bits per heavy atom. The molecule has 2 N–H and O–H groups in total. The van der Waals surface area contributed by atoms with Crippen molar-refractivity contribution in [2.75, 3.05) is 19.5 Å². The molecule has 0 fully saturated rings. The van der Waals surface area contributed by atoms with Crippen LogP contribution in [0, 0.1) is 13.8 Å². The van der Waals surface area contributed by atoms with Crippen molar-refractivity contribution >= 4 is 23.6 Å². The van der Waals surface area contributed by atoms with Crippen molar-refractivity contribution in [2.45, 2.75) is 25.6 Å². The molecule has 0 radical (unpaired) electrons. The average Bonchev–Trinajstić information content (AvgIpc) is 3.06. The van der Waals surface area contributed by atoms with Gasteiger partial charge in [0, 0.05) is 28.7 Å². The van der Waals surface area contributed by atoms with Gasteiger partial charge < -0.3 is 24.4 Å². The summed E-state index contributed by atoms with van der Waals surface area (Å²) in [6.07, 6.45) is 0. The van der Waals surface area contributed by atoms with Crippen LogP contribution in [0.5, 0.6) is 11.5 Å². The summed E-state index contributed by atoms with van der Waals surface area (Å²) in [4.78, 5) is 28.9. The van der Waals surface area contributed by atoms with Gasteiger partial charge >= 0.3 is 5.97 Å². The van der Waals surface area contributed by atoms with Crippen molar-refractivity contribution in [3.8, 4) is 11.5 Å². The van der Waals surface area contributed by atoms with Crippen molar-refractivity contribution in [1.82, 2.24) is 15.5 Å². The fraction of sp³-hybridized carbons (Fsp3) is 0.412. The highest BCUT2D eigenvalue weighted by Gasteiger charge is 2.27. The second-order valence-corrected chi connectivity index (χ2v) is 7.00. The number of cyclic esters (lactones) is 1. The molecular weight excluding hydrogens is 374 g/mol. The van der Waals surface area contributed by atoms with E-state index in [-0.39, 0.29) is 17.2 Å². The van der Waals surface area contributed by atoms with Gasteiger partial charge in [-0.15, -0.1) is 0 Å². The summed E-state index contributed by atoms with van der Waals surface area (Å²) in [6, 6.07) is 0.926. The van der Waals surface area contributed by atoms with Crippen LogP contribution in [-0.2, 0) is 15.3 Å². The molecule has 0 saturated heterocycles. The molecule has 1 aromatic carbocycles. The Bertz CT molecular complexity index is 882. The molecule has 9 nitrogen and oxygen atoms in total. The van der Waals surface area contributed by atoms with Crippen LogP contribution in [0.4, 0.5) is 0 Å². The molecule has 144 valence electrons. The second-order valence-electron chi connectivity index (χ2n) is 5.97. The lowest BCUT2D eigenvalue weighted by Gasteiger charge is -2.16. The number of aromatic nitrogens is 2. The molecule has 3 rings (SSSR count). The Labute approximate surface area is 159 Å². The van der Waals surface area contributed by atoms with E-state index in [1.165, 1.54) is 24.9 Å². The number of nitrogens with one attached hydrogen (secondary N) is 1. The fourth-order valence-corrected chi connectivity index (χ4v) is 3.85. The average molecular weight is 393 g/mol. The van der Waals surface area contributed by atoms with Crippen LogP contribution in [0.3, 0.4) is 0 Å². The Morgan fingerprint density at radius 1 is 1.37 bits per heavy atom. The predicted octanol–water partition coefficient (Wildman–Crippen LogP) is 1.66. The van der Waals surface area contributed by atoms with E-state index in [2.05, 4.69) is 15.5 Å². The Morgan fingerprint density at radius 2 is 2.15 bits per heavy atom. The molecule has 1 aliphatic rings. The van der Waals surface area contributed by atoms with Gasteiger partial charge in [0.2, 0.25) is 5.89 Å². The van der Waals surface area contributed by atoms with Crippen LogP contribution in [-0.4, -0.2) is 46.6 Å². The molecule has 1 aromatic heterocycles. The first-order chi connectivity index (χ1) is 12.9. The number of phenolic OH excluding ortho intramolecular Hbond substituents is 1. The smallest absolute Gasteiger partial charge is 0.339 e. The van der Waals surface area contributed by atoms with Gasteiger partial charge in [0.25, 0.3) is 5.91 Å². The number of benzene rings is 1. The molecule has 1 aliphatic heterocycles. The number of esters is 1. The third-order valence-corrected chi connectivity index (χ3v) is 5.15. The number of aromatic hydroxyl groups is 1. The Hall–Kier alpha value is -2.75. The largest absolute Gasteiger partial charge is 0.507 e. The van der Waals surface area contributed by atoms with Crippen LogP contribution in [0.1, 0.15) is 39.2 Å². The highest BCUT2D eigenvalue weighted by molar-refractivity contribution is 7.98. The summed E-state index contributed by atoms with van der Waals surface area (Å²) < 4.78 is 15.5. The lowest BCUT2D eigenvalue weighted by Crippen LogP contribution is -2.33. The van der Waals surface area contributed by atoms with E-state index in [1.807, 2.05) is 0 Å². The maximum Gasteiger partial charge on any atom is 0.339 e. The summed E-state index contributed by atoms with van der Waals surface area (Å²) in [5, 5.41) is 16.8. The monoisotopic (exact) mass is 393 g/mol. The summed E-state index contributed by atoms with van der Waals surface area (Å²) in [6.45, 7) is 2.91. The topological polar surface area (TPSA) is 124 Å². The first-order valence-electron chi connectivity index (χ1n) is 8.14. The van der Waals surface area contributed by atoms with Crippen LogP contribution in [0.25, 0.3) is 0 Å². The van der Waals surface area contributed by atoms with Gasteiger partial charge in [0.15, 0.2) is 12.4 Å². The number of phenols is 1. The zero-order chi connectivity index (χ0) is 19.6. The summed E-state index contributed by atoms with van der Waals surface area (Å²) >= 11 is 1.41. The molecule has 0 spiro atoms. The van der Waals surface area contributed by atoms with Gasteiger partial charge in [-0.1, -0.05) is 5.16 Å². The van der Waals surface area contributed by atoms with Gasteiger partial charge in [-0.25, -0.2) is 4.79 Å². The van der Waals surface area contributed by atoms with Crippen LogP contribution >= 0.6 is 11.8 Å². The van der Waals surface area contributed by atoms with E-state index in [1.54, 1.807) is 13.8 Å². The number of carbonyl (C=O) groups is 2. The second kappa shape index (κ2) is 7.87. The summed E-state index contributed by atoms with van der Waals surface area (Å²) in [7, 11) is 1.45.